The number of rotatable bonds is 6. The number of hydrogen-bond donors (Lipinski definition) is 1. The molecule has 1 aliphatic heterocycles. The predicted molar refractivity (Wildman–Crippen MR) is 86.9 cm³/mol. The van der Waals surface area contributed by atoms with Crippen LogP contribution in [0.3, 0.4) is 0 Å². The van der Waals surface area contributed by atoms with Crippen LogP contribution < -0.4 is 4.72 Å². The fourth-order valence-corrected chi connectivity index (χ4v) is 3.28. The van der Waals surface area contributed by atoms with Crippen LogP contribution in [-0.4, -0.2) is 45.1 Å². The van der Waals surface area contributed by atoms with E-state index in [1.54, 1.807) is 17.0 Å². The second-order valence-corrected chi connectivity index (χ2v) is 7.90. The molecule has 0 aliphatic carbocycles. The number of hydrogen-bond acceptors (Lipinski definition) is 3. The Morgan fingerprint density at radius 2 is 2.13 bits per heavy atom. The molecular formula is C16H23FN2O3S. The minimum absolute atomic E-state index is 0.186. The summed E-state index contributed by atoms with van der Waals surface area (Å²) in [6, 6.07) is 6.75. The SMILES string of the molecule is CS(=O)(=O)NCC(=O)N1CCC[C@H](CCc2ccccc2F)C1. The Kier molecular flexibility index (Phi) is 6.12. The Morgan fingerprint density at radius 3 is 2.83 bits per heavy atom. The van der Waals surface area contributed by atoms with Crippen molar-refractivity contribution in [3.8, 4) is 0 Å². The molecule has 0 saturated carbocycles. The van der Waals surface area contributed by atoms with E-state index < -0.39 is 10.0 Å². The van der Waals surface area contributed by atoms with Crippen LogP contribution in [0.2, 0.25) is 0 Å². The lowest BCUT2D eigenvalue weighted by Gasteiger charge is -2.33. The first kappa shape index (κ1) is 17.9. The molecule has 1 heterocycles. The molecular weight excluding hydrogens is 319 g/mol. The summed E-state index contributed by atoms with van der Waals surface area (Å²) in [5.74, 6) is -0.0647. The molecule has 5 nitrogen and oxygen atoms in total. The van der Waals surface area contributed by atoms with Crippen molar-refractivity contribution in [3.63, 3.8) is 0 Å². The Labute approximate surface area is 136 Å². The summed E-state index contributed by atoms with van der Waals surface area (Å²) in [4.78, 5) is 13.8. The van der Waals surface area contributed by atoms with E-state index >= 15 is 0 Å². The van der Waals surface area contributed by atoms with Crippen LogP contribution in [0.5, 0.6) is 0 Å². The van der Waals surface area contributed by atoms with E-state index in [4.69, 9.17) is 0 Å². The maximum absolute atomic E-state index is 13.6. The average molecular weight is 342 g/mol. The Hall–Kier alpha value is -1.47. The van der Waals surface area contributed by atoms with E-state index in [1.165, 1.54) is 6.07 Å². The normalized spacial score (nSPS) is 18.9. The topological polar surface area (TPSA) is 66.5 Å². The number of benzene rings is 1. The van der Waals surface area contributed by atoms with E-state index in [2.05, 4.69) is 4.72 Å². The van der Waals surface area contributed by atoms with Gasteiger partial charge in [0.1, 0.15) is 5.82 Å². The van der Waals surface area contributed by atoms with Crippen LogP contribution in [0.25, 0.3) is 0 Å². The molecule has 7 heteroatoms. The molecule has 0 spiro atoms. The van der Waals surface area contributed by atoms with E-state index in [-0.39, 0.29) is 18.3 Å². The fraction of sp³-hybridized carbons (Fsp3) is 0.562. The molecule has 0 radical (unpaired) electrons. The molecule has 1 N–H and O–H groups in total. The summed E-state index contributed by atoms with van der Waals surface area (Å²) in [6.07, 6.45) is 4.42. The monoisotopic (exact) mass is 342 g/mol. The minimum atomic E-state index is -3.36. The first-order chi connectivity index (χ1) is 10.8. The second-order valence-electron chi connectivity index (χ2n) is 6.07. The summed E-state index contributed by atoms with van der Waals surface area (Å²) in [7, 11) is -3.36. The van der Waals surface area contributed by atoms with Gasteiger partial charge in [-0.2, -0.15) is 0 Å². The molecule has 1 aromatic rings. The van der Waals surface area contributed by atoms with Crippen molar-refractivity contribution in [3.05, 3.63) is 35.6 Å². The van der Waals surface area contributed by atoms with E-state index in [0.717, 1.165) is 25.5 Å². The number of likely N-dealkylation sites (tertiary alicyclic amines) is 1. The van der Waals surface area contributed by atoms with Gasteiger partial charge in [-0.1, -0.05) is 18.2 Å². The van der Waals surface area contributed by atoms with Gasteiger partial charge in [-0.05, 0) is 43.2 Å². The van der Waals surface area contributed by atoms with Gasteiger partial charge in [0.05, 0.1) is 12.8 Å². The van der Waals surface area contributed by atoms with E-state index in [9.17, 15) is 17.6 Å². The molecule has 1 atom stereocenters. The van der Waals surface area contributed by atoms with E-state index in [1.807, 2.05) is 6.07 Å². The lowest BCUT2D eigenvalue weighted by molar-refractivity contribution is -0.131. The number of aryl methyl sites for hydroxylation is 1. The first-order valence-electron chi connectivity index (χ1n) is 7.81. The molecule has 1 amide bonds. The minimum Gasteiger partial charge on any atom is -0.341 e. The number of nitrogens with zero attached hydrogens (tertiary/aromatic N) is 1. The van der Waals surface area contributed by atoms with Crippen molar-refractivity contribution in [2.45, 2.75) is 25.7 Å². The number of sulfonamides is 1. The van der Waals surface area contributed by atoms with Gasteiger partial charge < -0.3 is 4.90 Å². The van der Waals surface area contributed by atoms with Crippen molar-refractivity contribution in [2.24, 2.45) is 5.92 Å². The van der Waals surface area contributed by atoms with Crippen molar-refractivity contribution >= 4 is 15.9 Å². The van der Waals surface area contributed by atoms with Crippen molar-refractivity contribution < 1.29 is 17.6 Å². The highest BCUT2D eigenvalue weighted by Crippen LogP contribution is 2.22. The third-order valence-corrected chi connectivity index (χ3v) is 4.81. The van der Waals surface area contributed by atoms with Gasteiger partial charge in [0.2, 0.25) is 15.9 Å². The summed E-state index contributed by atoms with van der Waals surface area (Å²) in [6.45, 7) is 1.07. The Balaban J connectivity index is 1.83. The number of carbonyl (C=O) groups is 1. The molecule has 1 aliphatic rings. The number of piperidine rings is 1. The highest BCUT2D eigenvalue weighted by molar-refractivity contribution is 7.88. The highest BCUT2D eigenvalue weighted by Gasteiger charge is 2.24. The summed E-state index contributed by atoms with van der Waals surface area (Å²) in [5.41, 5.74) is 0.703. The number of amides is 1. The lowest BCUT2D eigenvalue weighted by Crippen LogP contribution is -2.45. The average Bonchev–Trinajstić information content (AvgIpc) is 2.51. The molecule has 0 bridgehead atoms. The van der Waals surface area contributed by atoms with Gasteiger partial charge in [-0.15, -0.1) is 0 Å². The van der Waals surface area contributed by atoms with Gasteiger partial charge >= 0.3 is 0 Å². The van der Waals surface area contributed by atoms with Crippen LogP contribution >= 0.6 is 0 Å². The van der Waals surface area contributed by atoms with Crippen LogP contribution in [0, 0.1) is 11.7 Å². The molecule has 2 rings (SSSR count). The van der Waals surface area contributed by atoms with Gasteiger partial charge in [0, 0.05) is 13.1 Å². The van der Waals surface area contributed by atoms with Gasteiger partial charge in [-0.3, -0.25) is 4.79 Å². The molecule has 1 fully saturated rings. The van der Waals surface area contributed by atoms with Crippen LogP contribution in [-0.2, 0) is 21.2 Å². The third kappa shape index (κ3) is 5.91. The molecule has 1 aromatic carbocycles. The molecule has 23 heavy (non-hydrogen) atoms. The zero-order valence-corrected chi connectivity index (χ0v) is 14.1. The standard InChI is InChI=1S/C16H23FN2O3S/c1-23(21,22)18-11-16(20)19-10-4-5-13(12-19)8-9-14-6-2-3-7-15(14)17/h2-3,6-7,13,18H,4-5,8-12H2,1H3/t13-/m1/s1. The Bertz CT molecular complexity index is 648. The third-order valence-electron chi connectivity index (χ3n) is 4.14. The second kappa shape index (κ2) is 7.88. The van der Waals surface area contributed by atoms with Crippen LogP contribution in [0.4, 0.5) is 4.39 Å². The molecule has 128 valence electrons. The van der Waals surface area contributed by atoms with E-state index in [0.29, 0.717) is 31.0 Å². The molecule has 0 unspecified atom stereocenters. The largest absolute Gasteiger partial charge is 0.341 e. The summed E-state index contributed by atoms with van der Waals surface area (Å²) < 4.78 is 38.0. The van der Waals surface area contributed by atoms with Crippen molar-refractivity contribution in [2.75, 3.05) is 25.9 Å². The number of halogens is 1. The molecule has 0 aromatic heterocycles. The Morgan fingerprint density at radius 1 is 1.39 bits per heavy atom. The van der Waals surface area contributed by atoms with Crippen molar-refractivity contribution in [1.29, 1.82) is 0 Å². The quantitative estimate of drug-likeness (QED) is 0.853. The first-order valence-corrected chi connectivity index (χ1v) is 9.70. The van der Waals surface area contributed by atoms with Crippen LogP contribution in [0.15, 0.2) is 24.3 Å². The zero-order valence-electron chi connectivity index (χ0n) is 13.3. The zero-order chi connectivity index (χ0) is 16.9. The number of nitrogens with one attached hydrogen (secondary N) is 1. The van der Waals surface area contributed by atoms with Crippen LogP contribution in [0.1, 0.15) is 24.8 Å². The van der Waals surface area contributed by atoms with Crippen molar-refractivity contribution in [1.82, 2.24) is 9.62 Å². The maximum Gasteiger partial charge on any atom is 0.237 e. The summed E-state index contributed by atoms with van der Waals surface area (Å²) in [5, 5.41) is 0. The smallest absolute Gasteiger partial charge is 0.237 e. The number of carbonyl (C=O) groups excluding carboxylic acids is 1. The summed E-state index contributed by atoms with van der Waals surface area (Å²) >= 11 is 0. The van der Waals surface area contributed by atoms with Gasteiger partial charge in [0.15, 0.2) is 0 Å². The maximum atomic E-state index is 13.6. The van der Waals surface area contributed by atoms with Gasteiger partial charge in [0.25, 0.3) is 0 Å². The van der Waals surface area contributed by atoms with Gasteiger partial charge in [-0.25, -0.2) is 17.5 Å². The molecule has 1 saturated heterocycles. The lowest BCUT2D eigenvalue weighted by atomic mass is 9.91. The fourth-order valence-electron chi connectivity index (χ4n) is 2.89. The predicted octanol–water partition coefficient (Wildman–Crippen LogP) is 1.55. The highest BCUT2D eigenvalue weighted by atomic mass is 32.2.